The van der Waals surface area contributed by atoms with E-state index in [-0.39, 0.29) is 6.04 Å². The van der Waals surface area contributed by atoms with Gasteiger partial charge in [-0.05, 0) is 63.0 Å². The third-order valence-corrected chi connectivity index (χ3v) is 6.30. The number of aromatic amines is 1. The number of aromatic nitrogens is 5. The highest BCUT2D eigenvalue weighted by Gasteiger charge is 2.29. The Labute approximate surface area is 182 Å². The fraction of sp³-hybridized carbons (Fsp3) is 0.478. The van der Waals surface area contributed by atoms with Gasteiger partial charge in [-0.3, -0.25) is 19.9 Å². The lowest BCUT2D eigenvalue weighted by atomic mass is 10.1. The van der Waals surface area contributed by atoms with E-state index >= 15 is 0 Å². The zero-order valence-corrected chi connectivity index (χ0v) is 18.0. The third kappa shape index (κ3) is 4.45. The van der Waals surface area contributed by atoms with Gasteiger partial charge in [0.05, 0.1) is 19.3 Å². The molecule has 0 bridgehead atoms. The molecule has 2 aromatic heterocycles. The van der Waals surface area contributed by atoms with E-state index in [2.05, 4.69) is 48.2 Å². The molecule has 2 fully saturated rings. The van der Waals surface area contributed by atoms with Crippen molar-refractivity contribution in [1.29, 1.82) is 0 Å². The first kappa shape index (κ1) is 20.1. The van der Waals surface area contributed by atoms with E-state index in [1.54, 1.807) is 25.7 Å². The Morgan fingerprint density at radius 1 is 1.10 bits per heavy atom. The molecule has 5 rings (SSSR count). The van der Waals surface area contributed by atoms with Crippen LogP contribution in [0, 0.1) is 0 Å². The molecule has 2 aliphatic rings. The van der Waals surface area contributed by atoms with Crippen LogP contribution in [0.5, 0.6) is 5.75 Å². The third-order valence-electron chi connectivity index (χ3n) is 6.30. The number of nitrogens with zero attached hydrogens (tertiary/aromatic N) is 6. The topological polar surface area (TPSA) is 83.1 Å². The van der Waals surface area contributed by atoms with E-state index in [0.717, 1.165) is 44.0 Å². The summed E-state index contributed by atoms with van der Waals surface area (Å²) in [7, 11) is 1.76. The van der Waals surface area contributed by atoms with Crippen LogP contribution in [0.1, 0.15) is 48.7 Å². The van der Waals surface area contributed by atoms with Crippen molar-refractivity contribution < 1.29 is 4.74 Å². The van der Waals surface area contributed by atoms with Crippen molar-refractivity contribution in [3.8, 4) is 17.3 Å². The van der Waals surface area contributed by atoms with Crippen molar-refractivity contribution in [2.45, 2.75) is 44.8 Å². The van der Waals surface area contributed by atoms with Crippen LogP contribution < -0.4 is 4.74 Å². The van der Waals surface area contributed by atoms with Crippen LogP contribution in [0.3, 0.4) is 0 Å². The molecule has 0 radical (unpaired) electrons. The molecular formula is C23H29N7O. The molecule has 1 atom stereocenters. The van der Waals surface area contributed by atoms with E-state index in [0.29, 0.717) is 11.5 Å². The Kier molecular flexibility index (Phi) is 5.90. The molecule has 1 N–H and O–H groups in total. The lowest BCUT2D eigenvalue weighted by molar-refractivity contribution is 0.240. The molecule has 2 saturated heterocycles. The van der Waals surface area contributed by atoms with Crippen molar-refractivity contribution in [3.63, 3.8) is 0 Å². The summed E-state index contributed by atoms with van der Waals surface area (Å²) in [6, 6.07) is 6.86. The van der Waals surface area contributed by atoms with Crippen LogP contribution >= 0.6 is 0 Å². The Hall–Kier alpha value is -2.84. The largest absolute Gasteiger partial charge is 0.496 e. The zero-order valence-electron chi connectivity index (χ0n) is 18.0. The summed E-state index contributed by atoms with van der Waals surface area (Å²) in [5, 5.41) is 7.52. The summed E-state index contributed by atoms with van der Waals surface area (Å²) in [6.07, 6.45) is 9.84. The first-order chi connectivity index (χ1) is 15.3. The average molecular weight is 420 g/mol. The van der Waals surface area contributed by atoms with Crippen LogP contribution in [0.25, 0.3) is 11.5 Å². The van der Waals surface area contributed by atoms with Crippen molar-refractivity contribution >= 4 is 0 Å². The number of methoxy groups -OCH3 is 1. The van der Waals surface area contributed by atoms with Crippen LogP contribution in [-0.2, 0) is 13.1 Å². The number of ether oxygens (including phenoxy) is 1. The molecule has 3 aromatic rings. The van der Waals surface area contributed by atoms with Gasteiger partial charge in [0.1, 0.15) is 17.3 Å². The van der Waals surface area contributed by atoms with Gasteiger partial charge in [-0.25, -0.2) is 9.97 Å². The Bertz CT molecular complexity index is 1000. The second kappa shape index (κ2) is 9.11. The SMILES string of the molecule is COc1ccc(CN2CCCC2c2nc(-c3cnccn3)n[nH]2)cc1CN1CCCC1. The summed E-state index contributed by atoms with van der Waals surface area (Å²) >= 11 is 0. The minimum atomic E-state index is 0.238. The molecule has 8 nitrogen and oxygen atoms in total. The van der Waals surface area contributed by atoms with Gasteiger partial charge in [0, 0.05) is 31.0 Å². The fourth-order valence-corrected chi connectivity index (χ4v) is 4.75. The highest BCUT2D eigenvalue weighted by Crippen LogP contribution is 2.33. The number of rotatable bonds is 7. The van der Waals surface area contributed by atoms with Gasteiger partial charge in [-0.15, -0.1) is 0 Å². The standard InChI is InChI=1S/C23H29N7O/c1-31-21-7-6-17(13-18(21)16-29-10-2-3-11-29)15-30-12-4-5-20(30)23-26-22(27-28-23)19-14-24-8-9-25-19/h6-9,13-14,20H,2-5,10-12,15-16H2,1H3,(H,26,27,28). The molecule has 0 amide bonds. The lowest BCUT2D eigenvalue weighted by Gasteiger charge is -2.24. The van der Waals surface area contributed by atoms with Gasteiger partial charge in [0.15, 0.2) is 0 Å². The first-order valence-electron chi connectivity index (χ1n) is 11.1. The predicted octanol–water partition coefficient (Wildman–Crippen LogP) is 3.20. The summed E-state index contributed by atoms with van der Waals surface area (Å²) in [5.41, 5.74) is 3.29. The van der Waals surface area contributed by atoms with E-state index in [1.165, 1.54) is 37.1 Å². The lowest BCUT2D eigenvalue weighted by Crippen LogP contribution is -2.24. The average Bonchev–Trinajstić information content (AvgIpc) is 3.57. The molecular weight excluding hydrogens is 390 g/mol. The van der Waals surface area contributed by atoms with Crippen molar-refractivity contribution in [1.82, 2.24) is 34.9 Å². The van der Waals surface area contributed by atoms with Crippen molar-refractivity contribution in [2.75, 3.05) is 26.7 Å². The number of H-pyrrole nitrogens is 1. The van der Waals surface area contributed by atoms with E-state index in [1.807, 2.05) is 0 Å². The maximum Gasteiger partial charge on any atom is 0.201 e. The summed E-state index contributed by atoms with van der Waals surface area (Å²) < 4.78 is 5.64. The van der Waals surface area contributed by atoms with Gasteiger partial charge in [-0.2, -0.15) is 5.10 Å². The monoisotopic (exact) mass is 419 g/mol. The quantitative estimate of drug-likeness (QED) is 0.630. The van der Waals surface area contributed by atoms with Gasteiger partial charge in [0.25, 0.3) is 0 Å². The van der Waals surface area contributed by atoms with Crippen molar-refractivity contribution in [2.24, 2.45) is 0 Å². The second-order valence-corrected chi connectivity index (χ2v) is 8.39. The van der Waals surface area contributed by atoms with Gasteiger partial charge >= 0.3 is 0 Å². The molecule has 1 aromatic carbocycles. The van der Waals surface area contributed by atoms with E-state index in [4.69, 9.17) is 9.72 Å². The maximum atomic E-state index is 5.64. The number of hydrogen-bond acceptors (Lipinski definition) is 7. The molecule has 0 saturated carbocycles. The Balaban J connectivity index is 1.32. The minimum absolute atomic E-state index is 0.238. The highest BCUT2D eigenvalue weighted by atomic mass is 16.5. The number of nitrogens with one attached hydrogen (secondary N) is 1. The first-order valence-corrected chi connectivity index (χ1v) is 11.1. The molecule has 8 heteroatoms. The van der Waals surface area contributed by atoms with E-state index in [9.17, 15) is 0 Å². The maximum absolute atomic E-state index is 5.64. The molecule has 31 heavy (non-hydrogen) atoms. The summed E-state index contributed by atoms with van der Waals surface area (Å²) in [5.74, 6) is 2.49. The smallest absolute Gasteiger partial charge is 0.201 e. The van der Waals surface area contributed by atoms with Crippen molar-refractivity contribution in [3.05, 3.63) is 53.7 Å². The summed E-state index contributed by atoms with van der Waals surface area (Å²) in [4.78, 5) is 18.2. The molecule has 0 spiro atoms. The number of benzene rings is 1. The fourth-order valence-electron chi connectivity index (χ4n) is 4.75. The molecule has 4 heterocycles. The number of likely N-dealkylation sites (tertiary alicyclic amines) is 2. The summed E-state index contributed by atoms with van der Waals surface area (Å²) in [6.45, 7) is 5.27. The molecule has 162 valence electrons. The van der Waals surface area contributed by atoms with Crippen LogP contribution in [0.4, 0.5) is 0 Å². The highest BCUT2D eigenvalue weighted by molar-refractivity contribution is 5.46. The van der Waals surface area contributed by atoms with E-state index < -0.39 is 0 Å². The minimum Gasteiger partial charge on any atom is -0.496 e. The van der Waals surface area contributed by atoms with Crippen LogP contribution in [-0.4, -0.2) is 61.7 Å². The Morgan fingerprint density at radius 2 is 2.00 bits per heavy atom. The molecule has 0 aliphatic carbocycles. The van der Waals surface area contributed by atoms with Crippen LogP contribution in [0.2, 0.25) is 0 Å². The predicted molar refractivity (Wildman–Crippen MR) is 117 cm³/mol. The molecule has 1 unspecified atom stereocenters. The van der Waals surface area contributed by atoms with Gasteiger partial charge in [0.2, 0.25) is 5.82 Å². The Morgan fingerprint density at radius 3 is 2.81 bits per heavy atom. The van der Waals surface area contributed by atoms with Gasteiger partial charge < -0.3 is 4.74 Å². The zero-order chi connectivity index (χ0) is 21.0. The normalized spacial score (nSPS) is 19.8. The van der Waals surface area contributed by atoms with Crippen LogP contribution in [0.15, 0.2) is 36.8 Å². The number of hydrogen-bond donors (Lipinski definition) is 1. The van der Waals surface area contributed by atoms with Gasteiger partial charge in [-0.1, -0.05) is 6.07 Å². The molecule has 2 aliphatic heterocycles. The second-order valence-electron chi connectivity index (χ2n) is 8.39.